The van der Waals surface area contributed by atoms with Crippen LogP contribution in [0.15, 0.2) is 76.6 Å². The number of hydrogen-bond donors (Lipinski definition) is 0. The fraction of sp³-hybridized carbons (Fsp3) is 0.241. The number of rotatable bonds is 6. The van der Waals surface area contributed by atoms with Crippen molar-refractivity contribution >= 4 is 28.7 Å². The van der Waals surface area contributed by atoms with Gasteiger partial charge in [0.05, 0.1) is 33.8 Å². The molecule has 0 bridgehead atoms. The summed E-state index contributed by atoms with van der Waals surface area (Å²) in [6, 6.07) is 22.2. The van der Waals surface area contributed by atoms with Gasteiger partial charge in [-0.1, -0.05) is 61.2 Å². The molecule has 6 nitrogen and oxygen atoms in total. The molecule has 3 aromatic carbocycles. The van der Waals surface area contributed by atoms with Crippen LogP contribution >= 0.6 is 11.6 Å². The molecule has 0 spiro atoms. The first-order chi connectivity index (χ1) is 17.6. The van der Waals surface area contributed by atoms with E-state index in [1.165, 1.54) is 11.1 Å². The summed E-state index contributed by atoms with van der Waals surface area (Å²) in [6.07, 6.45) is 7.12. The average Bonchev–Trinajstić information content (AvgIpc) is 2.92. The summed E-state index contributed by atoms with van der Waals surface area (Å²) in [5.74, 6) is 1.44. The molecule has 0 saturated heterocycles. The maximum absolute atomic E-state index is 13.3. The van der Waals surface area contributed by atoms with E-state index in [1.54, 1.807) is 30.5 Å². The number of nitriles is 1. The Morgan fingerprint density at radius 3 is 2.67 bits per heavy atom. The molecule has 180 valence electrons. The molecule has 1 fully saturated rings. The van der Waals surface area contributed by atoms with Crippen LogP contribution in [0.25, 0.3) is 10.9 Å². The van der Waals surface area contributed by atoms with E-state index < -0.39 is 0 Å². The molecule has 1 aliphatic rings. The third-order valence-corrected chi connectivity index (χ3v) is 6.84. The number of benzene rings is 3. The largest absolute Gasteiger partial charge is 0.487 e. The Hall–Kier alpha value is -3.95. The number of nitrogens with zero attached hydrogens (tertiary/aromatic N) is 4. The number of halogens is 1. The van der Waals surface area contributed by atoms with Crippen LogP contribution in [0.3, 0.4) is 0 Å². The summed E-state index contributed by atoms with van der Waals surface area (Å²) in [7, 11) is 0. The van der Waals surface area contributed by atoms with Crippen LogP contribution in [0.2, 0.25) is 5.02 Å². The Bertz CT molecular complexity index is 1530. The molecule has 5 rings (SSSR count). The van der Waals surface area contributed by atoms with E-state index >= 15 is 0 Å². The van der Waals surface area contributed by atoms with Gasteiger partial charge in [0, 0.05) is 11.5 Å². The highest BCUT2D eigenvalue weighted by Gasteiger charge is 2.22. The first kappa shape index (κ1) is 23.8. The SMILES string of the molecule is N#Cc1ccccc1COc1ccc(C=Nn2c(C3CCCCC3)nc3ccccc3c2=O)cc1Cl. The third-order valence-electron chi connectivity index (χ3n) is 6.55. The standard InChI is InChI=1S/C29H25ClN4O2/c30-25-16-20(14-15-27(25)36-19-23-11-5-4-10-22(23)17-31)18-32-34-28(21-8-2-1-3-9-21)33-26-13-7-6-12-24(26)29(34)35/h4-7,10-16,18,21H,1-3,8-9,19H2. The normalized spacial score (nSPS) is 14.2. The summed E-state index contributed by atoms with van der Waals surface area (Å²) in [5, 5.41) is 14.8. The summed E-state index contributed by atoms with van der Waals surface area (Å²) < 4.78 is 7.31. The predicted octanol–water partition coefficient (Wildman–Crippen LogP) is 6.43. The van der Waals surface area contributed by atoms with E-state index in [0.717, 1.165) is 42.6 Å². The second kappa shape index (κ2) is 10.8. The predicted molar refractivity (Wildman–Crippen MR) is 142 cm³/mol. The maximum Gasteiger partial charge on any atom is 0.282 e. The van der Waals surface area contributed by atoms with Crippen molar-refractivity contribution in [3.8, 4) is 11.8 Å². The van der Waals surface area contributed by atoms with Crippen LogP contribution < -0.4 is 10.3 Å². The lowest BCUT2D eigenvalue weighted by atomic mass is 9.88. The minimum Gasteiger partial charge on any atom is -0.487 e. The van der Waals surface area contributed by atoms with E-state index in [4.69, 9.17) is 21.3 Å². The van der Waals surface area contributed by atoms with Gasteiger partial charge < -0.3 is 4.74 Å². The van der Waals surface area contributed by atoms with Gasteiger partial charge in [0.25, 0.3) is 5.56 Å². The first-order valence-corrected chi connectivity index (χ1v) is 12.5. The number of hydrogen-bond acceptors (Lipinski definition) is 5. The molecule has 0 atom stereocenters. The zero-order valence-corrected chi connectivity index (χ0v) is 20.5. The summed E-state index contributed by atoms with van der Waals surface area (Å²) in [5.41, 5.74) is 2.64. The van der Waals surface area contributed by atoms with Crippen molar-refractivity contribution in [2.45, 2.75) is 44.6 Å². The van der Waals surface area contributed by atoms with Crippen LogP contribution in [0.5, 0.6) is 5.75 Å². The topological polar surface area (TPSA) is 80.3 Å². The Balaban J connectivity index is 1.42. The number of fused-ring (bicyclic) bond motifs is 1. The number of aromatic nitrogens is 2. The van der Waals surface area contributed by atoms with Gasteiger partial charge in [0.1, 0.15) is 18.2 Å². The van der Waals surface area contributed by atoms with Crippen molar-refractivity contribution in [2.75, 3.05) is 0 Å². The van der Waals surface area contributed by atoms with E-state index in [-0.39, 0.29) is 18.1 Å². The Labute approximate surface area is 214 Å². The highest BCUT2D eigenvalue weighted by molar-refractivity contribution is 6.32. The molecule has 7 heteroatoms. The lowest BCUT2D eigenvalue weighted by Crippen LogP contribution is -2.25. The smallest absolute Gasteiger partial charge is 0.282 e. The van der Waals surface area contributed by atoms with Crippen LogP contribution in [0, 0.1) is 11.3 Å². The van der Waals surface area contributed by atoms with Crippen LogP contribution in [-0.2, 0) is 6.61 Å². The van der Waals surface area contributed by atoms with Crippen molar-refractivity contribution in [3.05, 3.63) is 105 Å². The Kier molecular flexibility index (Phi) is 7.11. The van der Waals surface area contributed by atoms with Crippen LogP contribution in [0.1, 0.15) is 60.5 Å². The van der Waals surface area contributed by atoms with Crippen molar-refractivity contribution < 1.29 is 4.74 Å². The molecule has 1 heterocycles. The van der Waals surface area contributed by atoms with Gasteiger partial charge in [-0.15, -0.1) is 0 Å². The lowest BCUT2D eigenvalue weighted by Gasteiger charge is -2.22. The molecule has 1 saturated carbocycles. The summed E-state index contributed by atoms with van der Waals surface area (Å²) in [4.78, 5) is 18.2. The van der Waals surface area contributed by atoms with E-state index in [9.17, 15) is 10.1 Å². The highest BCUT2D eigenvalue weighted by Crippen LogP contribution is 2.32. The zero-order chi connectivity index (χ0) is 24.9. The second-order valence-corrected chi connectivity index (χ2v) is 9.34. The molecule has 1 aliphatic carbocycles. The van der Waals surface area contributed by atoms with Gasteiger partial charge in [-0.3, -0.25) is 4.79 Å². The average molecular weight is 497 g/mol. The molecular weight excluding hydrogens is 472 g/mol. The summed E-state index contributed by atoms with van der Waals surface area (Å²) in [6.45, 7) is 0.236. The zero-order valence-electron chi connectivity index (χ0n) is 19.7. The van der Waals surface area contributed by atoms with E-state index in [0.29, 0.717) is 27.2 Å². The molecular formula is C29H25ClN4O2. The fourth-order valence-electron chi connectivity index (χ4n) is 4.63. The third kappa shape index (κ3) is 5.02. The molecule has 0 unspecified atom stereocenters. The van der Waals surface area contributed by atoms with Gasteiger partial charge in [-0.05, 0) is 54.8 Å². The number of para-hydroxylation sites is 1. The molecule has 0 aliphatic heterocycles. The molecule has 0 radical (unpaired) electrons. The quantitative estimate of drug-likeness (QED) is 0.288. The minimum atomic E-state index is -0.167. The summed E-state index contributed by atoms with van der Waals surface area (Å²) >= 11 is 6.48. The van der Waals surface area contributed by atoms with Crippen LogP contribution in [-0.4, -0.2) is 15.9 Å². The Morgan fingerprint density at radius 2 is 1.86 bits per heavy atom. The molecule has 1 aromatic heterocycles. The van der Waals surface area contributed by atoms with Gasteiger partial charge >= 0.3 is 0 Å². The van der Waals surface area contributed by atoms with Crippen molar-refractivity contribution in [3.63, 3.8) is 0 Å². The molecule has 0 N–H and O–H groups in total. The first-order valence-electron chi connectivity index (χ1n) is 12.1. The second-order valence-electron chi connectivity index (χ2n) is 8.93. The van der Waals surface area contributed by atoms with E-state index in [1.807, 2.05) is 42.5 Å². The van der Waals surface area contributed by atoms with Crippen molar-refractivity contribution in [1.29, 1.82) is 5.26 Å². The Morgan fingerprint density at radius 1 is 1.08 bits per heavy atom. The van der Waals surface area contributed by atoms with Gasteiger partial charge in [0.2, 0.25) is 0 Å². The lowest BCUT2D eigenvalue weighted by molar-refractivity contribution is 0.306. The van der Waals surface area contributed by atoms with Gasteiger partial charge in [0.15, 0.2) is 0 Å². The molecule has 4 aromatic rings. The highest BCUT2D eigenvalue weighted by atomic mass is 35.5. The van der Waals surface area contributed by atoms with E-state index in [2.05, 4.69) is 11.2 Å². The minimum absolute atomic E-state index is 0.167. The number of ether oxygens (including phenoxy) is 1. The molecule has 36 heavy (non-hydrogen) atoms. The van der Waals surface area contributed by atoms with Crippen LogP contribution in [0.4, 0.5) is 0 Å². The van der Waals surface area contributed by atoms with Crippen molar-refractivity contribution in [1.82, 2.24) is 9.66 Å². The molecule has 0 amide bonds. The van der Waals surface area contributed by atoms with Gasteiger partial charge in [-0.25, -0.2) is 4.98 Å². The fourth-order valence-corrected chi connectivity index (χ4v) is 4.87. The van der Waals surface area contributed by atoms with Crippen molar-refractivity contribution in [2.24, 2.45) is 5.10 Å². The monoisotopic (exact) mass is 496 g/mol. The maximum atomic E-state index is 13.3. The van der Waals surface area contributed by atoms with Gasteiger partial charge in [-0.2, -0.15) is 15.0 Å².